The molecule has 144 valence electrons. The molecule has 2 aromatic heterocycles. The van der Waals surface area contributed by atoms with Crippen LogP contribution < -0.4 is 15.7 Å². The highest BCUT2D eigenvalue weighted by atomic mass is 32.1. The van der Waals surface area contributed by atoms with Crippen LogP contribution in [-0.2, 0) is 11.2 Å². The molecule has 28 heavy (non-hydrogen) atoms. The lowest BCUT2D eigenvalue weighted by atomic mass is 9.78. The van der Waals surface area contributed by atoms with Crippen molar-refractivity contribution in [3.63, 3.8) is 0 Å². The van der Waals surface area contributed by atoms with E-state index in [2.05, 4.69) is 10.3 Å². The largest absolute Gasteiger partial charge is 0.484 e. The van der Waals surface area contributed by atoms with E-state index in [1.165, 1.54) is 17.4 Å². The van der Waals surface area contributed by atoms with E-state index in [4.69, 9.17) is 9.15 Å². The number of carbonyl (C=O) groups excluding carboxylic acids is 2. The quantitative estimate of drug-likeness (QED) is 0.676. The third kappa shape index (κ3) is 3.82. The van der Waals surface area contributed by atoms with Gasteiger partial charge in [0.1, 0.15) is 11.3 Å². The minimum atomic E-state index is -0.451. The molecule has 1 aliphatic rings. The van der Waals surface area contributed by atoms with Gasteiger partial charge in [-0.25, -0.2) is 9.78 Å². The van der Waals surface area contributed by atoms with E-state index in [9.17, 15) is 14.4 Å². The number of amides is 1. The Bertz CT molecular complexity index is 1140. The molecule has 1 N–H and O–H groups in total. The summed E-state index contributed by atoms with van der Waals surface area (Å²) in [6.07, 6.45) is 1.19. The van der Waals surface area contributed by atoms with Crippen LogP contribution in [0.1, 0.15) is 35.6 Å². The maximum atomic E-state index is 12.2. The van der Waals surface area contributed by atoms with Crippen molar-refractivity contribution < 1.29 is 18.7 Å². The molecule has 1 aromatic carbocycles. The summed E-state index contributed by atoms with van der Waals surface area (Å²) in [7, 11) is 0. The maximum Gasteiger partial charge on any atom is 0.336 e. The predicted octanol–water partition coefficient (Wildman–Crippen LogP) is 3.42. The second-order valence-corrected chi connectivity index (χ2v) is 8.53. The number of nitrogens with zero attached hydrogens (tertiary/aromatic N) is 1. The zero-order valence-corrected chi connectivity index (χ0v) is 16.2. The number of carbonyl (C=O) groups is 2. The predicted molar refractivity (Wildman–Crippen MR) is 105 cm³/mol. The Hall–Kier alpha value is -3.00. The molecule has 7 nitrogen and oxygen atoms in total. The smallest absolute Gasteiger partial charge is 0.336 e. The number of thiazole rings is 1. The summed E-state index contributed by atoms with van der Waals surface area (Å²) < 4.78 is 10.6. The van der Waals surface area contributed by atoms with E-state index in [1.54, 1.807) is 24.3 Å². The molecule has 0 bridgehead atoms. The first-order chi connectivity index (χ1) is 13.3. The lowest BCUT2D eigenvalue weighted by Gasteiger charge is -2.26. The van der Waals surface area contributed by atoms with Crippen molar-refractivity contribution >= 4 is 39.1 Å². The van der Waals surface area contributed by atoms with E-state index in [0.29, 0.717) is 34.2 Å². The standard InChI is InChI=1S/C20H18N2O5S/c1-20(2)8-13-18(14(23)9-20)28-19(21-13)22-16(24)10-26-12-5-3-11-4-6-17(25)27-15(11)7-12/h3-7H,8-10H2,1-2H3,(H,21,22,24). The molecule has 3 aromatic rings. The van der Waals surface area contributed by atoms with Gasteiger partial charge in [0.2, 0.25) is 0 Å². The van der Waals surface area contributed by atoms with Gasteiger partial charge in [0.15, 0.2) is 17.5 Å². The van der Waals surface area contributed by atoms with Crippen LogP contribution >= 0.6 is 11.3 Å². The number of nitrogens with one attached hydrogen (secondary N) is 1. The minimum absolute atomic E-state index is 0.0677. The Morgan fingerprint density at radius 3 is 2.86 bits per heavy atom. The van der Waals surface area contributed by atoms with Gasteiger partial charge in [-0.1, -0.05) is 25.2 Å². The Labute approximate surface area is 164 Å². The number of hydrogen-bond acceptors (Lipinski definition) is 7. The van der Waals surface area contributed by atoms with Crippen LogP contribution in [0.2, 0.25) is 0 Å². The van der Waals surface area contributed by atoms with E-state index in [0.717, 1.165) is 11.1 Å². The van der Waals surface area contributed by atoms with Crippen LogP contribution in [0, 0.1) is 5.41 Å². The van der Waals surface area contributed by atoms with Crippen LogP contribution in [0.15, 0.2) is 39.5 Å². The van der Waals surface area contributed by atoms with Crippen LogP contribution in [-0.4, -0.2) is 23.3 Å². The monoisotopic (exact) mass is 398 g/mol. The molecule has 0 spiro atoms. The second-order valence-electron chi connectivity index (χ2n) is 7.53. The van der Waals surface area contributed by atoms with Gasteiger partial charge in [-0.15, -0.1) is 0 Å². The molecular weight excluding hydrogens is 380 g/mol. The highest BCUT2D eigenvalue weighted by Crippen LogP contribution is 2.38. The van der Waals surface area contributed by atoms with Gasteiger partial charge < -0.3 is 9.15 Å². The molecule has 0 atom stereocenters. The van der Waals surface area contributed by atoms with E-state index in [1.807, 2.05) is 13.8 Å². The van der Waals surface area contributed by atoms with Crippen LogP contribution in [0.3, 0.4) is 0 Å². The summed E-state index contributed by atoms with van der Waals surface area (Å²) >= 11 is 1.20. The Morgan fingerprint density at radius 1 is 1.25 bits per heavy atom. The molecule has 4 rings (SSSR count). The highest BCUT2D eigenvalue weighted by Gasteiger charge is 2.34. The molecule has 0 unspecified atom stereocenters. The van der Waals surface area contributed by atoms with Crippen molar-refractivity contribution in [2.45, 2.75) is 26.7 Å². The fraction of sp³-hybridized carbons (Fsp3) is 0.300. The summed E-state index contributed by atoms with van der Waals surface area (Å²) in [5, 5.41) is 3.84. The third-order valence-electron chi connectivity index (χ3n) is 4.45. The maximum absolute atomic E-state index is 12.2. The SMILES string of the molecule is CC1(C)CC(=O)c2sc(NC(=O)COc3ccc4ccc(=O)oc4c3)nc2C1. The lowest BCUT2D eigenvalue weighted by Crippen LogP contribution is -2.26. The third-order valence-corrected chi connectivity index (χ3v) is 5.50. The van der Waals surface area contributed by atoms with Crippen molar-refractivity contribution in [2.75, 3.05) is 11.9 Å². The fourth-order valence-electron chi connectivity index (χ4n) is 3.21. The van der Waals surface area contributed by atoms with E-state index in [-0.39, 0.29) is 23.7 Å². The number of rotatable bonds is 4. The molecule has 1 amide bonds. The van der Waals surface area contributed by atoms with Crippen LogP contribution in [0.5, 0.6) is 5.75 Å². The van der Waals surface area contributed by atoms with Crippen molar-refractivity contribution in [1.29, 1.82) is 0 Å². The van der Waals surface area contributed by atoms with Crippen LogP contribution in [0.25, 0.3) is 11.0 Å². The first kappa shape index (κ1) is 18.4. The number of ether oxygens (including phenoxy) is 1. The Kier molecular flexibility index (Phi) is 4.50. The van der Waals surface area contributed by atoms with Gasteiger partial charge in [0, 0.05) is 23.9 Å². The number of Topliss-reactive ketones (excluding diaryl/α,β-unsaturated/α-hetero) is 1. The lowest BCUT2D eigenvalue weighted by molar-refractivity contribution is -0.118. The zero-order chi connectivity index (χ0) is 19.9. The van der Waals surface area contributed by atoms with Crippen LogP contribution in [0.4, 0.5) is 5.13 Å². The van der Waals surface area contributed by atoms with Crippen molar-refractivity contribution in [1.82, 2.24) is 4.98 Å². The van der Waals surface area contributed by atoms with Gasteiger partial charge in [-0.05, 0) is 30.0 Å². The molecule has 0 saturated carbocycles. The average Bonchev–Trinajstić information content (AvgIpc) is 3.00. The molecule has 0 fully saturated rings. The van der Waals surface area contributed by atoms with Crippen molar-refractivity contribution in [2.24, 2.45) is 5.41 Å². The number of benzene rings is 1. The number of aromatic nitrogens is 1. The topological polar surface area (TPSA) is 98.5 Å². The van der Waals surface area contributed by atoms with Gasteiger partial charge in [0.05, 0.1) is 10.6 Å². The van der Waals surface area contributed by atoms with E-state index < -0.39 is 5.63 Å². The molecule has 0 radical (unpaired) electrons. The molecular formula is C20H18N2O5S. The van der Waals surface area contributed by atoms with Gasteiger partial charge in [-0.3, -0.25) is 14.9 Å². The summed E-state index contributed by atoms with van der Waals surface area (Å²) in [5.74, 6) is 0.0953. The number of fused-ring (bicyclic) bond motifs is 2. The zero-order valence-electron chi connectivity index (χ0n) is 15.4. The second kappa shape index (κ2) is 6.87. The van der Waals surface area contributed by atoms with Crippen molar-refractivity contribution in [3.8, 4) is 5.75 Å². The fourth-order valence-corrected chi connectivity index (χ4v) is 4.14. The normalized spacial score (nSPS) is 15.3. The summed E-state index contributed by atoms with van der Waals surface area (Å²) in [4.78, 5) is 40.8. The summed E-state index contributed by atoms with van der Waals surface area (Å²) in [6, 6.07) is 8.00. The number of ketones is 1. The molecule has 0 aliphatic heterocycles. The Morgan fingerprint density at radius 2 is 2.04 bits per heavy atom. The summed E-state index contributed by atoms with van der Waals surface area (Å²) in [5.41, 5.74) is 0.562. The van der Waals surface area contributed by atoms with Gasteiger partial charge in [-0.2, -0.15) is 0 Å². The minimum Gasteiger partial charge on any atom is -0.484 e. The first-order valence-corrected chi connectivity index (χ1v) is 9.60. The number of hydrogen-bond donors (Lipinski definition) is 1. The van der Waals surface area contributed by atoms with Gasteiger partial charge in [0.25, 0.3) is 5.91 Å². The van der Waals surface area contributed by atoms with Gasteiger partial charge >= 0.3 is 5.63 Å². The average molecular weight is 398 g/mol. The van der Waals surface area contributed by atoms with Crippen molar-refractivity contribution in [3.05, 3.63) is 51.3 Å². The molecule has 8 heteroatoms. The summed E-state index contributed by atoms with van der Waals surface area (Å²) in [6.45, 7) is 3.84. The molecule has 0 saturated heterocycles. The van der Waals surface area contributed by atoms with E-state index >= 15 is 0 Å². The molecule has 2 heterocycles. The Balaban J connectivity index is 1.41. The first-order valence-electron chi connectivity index (χ1n) is 8.79. The number of anilines is 1. The highest BCUT2D eigenvalue weighted by molar-refractivity contribution is 7.17. The molecule has 1 aliphatic carbocycles.